The summed E-state index contributed by atoms with van der Waals surface area (Å²) in [7, 11) is 0. The quantitative estimate of drug-likeness (QED) is 0.889. The van der Waals surface area contributed by atoms with Gasteiger partial charge < -0.3 is 4.98 Å². The van der Waals surface area contributed by atoms with Crippen LogP contribution in [-0.2, 0) is 6.42 Å². The van der Waals surface area contributed by atoms with Crippen molar-refractivity contribution in [1.29, 1.82) is 0 Å². The van der Waals surface area contributed by atoms with Gasteiger partial charge in [0.2, 0.25) is 0 Å². The van der Waals surface area contributed by atoms with Crippen molar-refractivity contribution < 1.29 is 0 Å². The van der Waals surface area contributed by atoms with E-state index < -0.39 is 0 Å². The largest absolute Gasteiger partial charge is 0.310 e. The van der Waals surface area contributed by atoms with E-state index in [0.717, 1.165) is 23.9 Å². The molecule has 0 saturated heterocycles. The lowest BCUT2D eigenvalue weighted by atomic mass is 10.0. The van der Waals surface area contributed by atoms with Crippen molar-refractivity contribution in [2.45, 2.75) is 58.8 Å². The predicted octanol–water partition coefficient (Wildman–Crippen LogP) is 3.26. The summed E-state index contributed by atoms with van der Waals surface area (Å²) in [6, 6.07) is 1.65. The van der Waals surface area contributed by atoms with Gasteiger partial charge in [0.1, 0.15) is 5.82 Å². The van der Waals surface area contributed by atoms with Gasteiger partial charge in [-0.15, -0.1) is 0 Å². The predicted molar refractivity (Wildman–Crippen MR) is 73.8 cm³/mol. The van der Waals surface area contributed by atoms with Gasteiger partial charge in [0.05, 0.1) is 0 Å². The lowest BCUT2D eigenvalue weighted by Crippen LogP contribution is -2.16. The van der Waals surface area contributed by atoms with Crippen molar-refractivity contribution in [3.8, 4) is 0 Å². The first kappa shape index (κ1) is 13.3. The molecule has 1 aromatic rings. The topological polar surface area (TPSA) is 45.8 Å². The lowest BCUT2D eigenvalue weighted by molar-refractivity contribution is 0.515. The summed E-state index contributed by atoms with van der Waals surface area (Å²) < 4.78 is 0. The van der Waals surface area contributed by atoms with Crippen LogP contribution in [0.1, 0.15) is 63.9 Å². The summed E-state index contributed by atoms with van der Waals surface area (Å²) in [6.45, 7) is 6.56. The van der Waals surface area contributed by atoms with E-state index in [1.165, 1.54) is 25.7 Å². The van der Waals surface area contributed by atoms with Crippen molar-refractivity contribution in [3.05, 3.63) is 27.9 Å². The first-order valence-corrected chi connectivity index (χ1v) is 7.18. The van der Waals surface area contributed by atoms with Crippen molar-refractivity contribution in [1.82, 2.24) is 9.97 Å². The first-order chi connectivity index (χ1) is 8.58. The van der Waals surface area contributed by atoms with Crippen LogP contribution in [0.2, 0.25) is 0 Å². The molecule has 1 aliphatic carbocycles. The Morgan fingerprint density at radius 2 is 2.22 bits per heavy atom. The standard InChI is InChI=1S/C15H24N2O/c1-4-11-5-6-12(8-11)15-16-13(7-10(2)3)9-14(18)17-15/h9-12H,4-8H2,1-3H3,(H,16,17,18). The molecule has 2 rings (SSSR count). The average Bonchev–Trinajstić information content (AvgIpc) is 2.75. The van der Waals surface area contributed by atoms with Crippen molar-refractivity contribution >= 4 is 0 Å². The van der Waals surface area contributed by atoms with Crippen molar-refractivity contribution in [2.24, 2.45) is 11.8 Å². The van der Waals surface area contributed by atoms with Gasteiger partial charge >= 0.3 is 0 Å². The van der Waals surface area contributed by atoms with Gasteiger partial charge in [0, 0.05) is 17.7 Å². The molecule has 2 atom stereocenters. The molecular formula is C15H24N2O. The number of nitrogens with zero attached hydrogens (tertiary/aromatic N) is 1. The zero-order valence-electron chi connectivity index (χ0n) is 11.7. The number of hydrogen-bond donors (Lipinski definition) is 1. The van der Waals surface area contributed by atoms with Crippen LogP contribution in [0.15, 0.2) is 10.9 Å². The highest BCUT2D eigenvalue weighted by atomic mass is 16.1. The molecule has 0 spiro atoms. The van der Waals surface area contributed by atoms with Crippen LogP contribution in [-0.4, -0.2) is 9.97 Å². The Balaban J connectivity index is 2.18. The molecule has 18 heavy (non-hydrogen) atoms. The number of hydrogen-bond acceptors (Lipinski definition) is 2. The van der Waals surface area contributed by atoms with E-state index in [2.05, 4.69) is 30.7 Å². The SMILES string of the molecule is CCC1CCC(c2nc(CC(C)C)cc(=O)[nH]2)C1. The average molecular weight is 248 g/mol. The van der Waals surface area contributed by atoms with Gasteiger partial charge in [-0.3, -0.25) is 4.79 Å². The summed E-state index contributed by atoms with van der Waals surface area (Å²) in [5.74, 6) is 2.75. The third kappa shape index (κ3) is 3.21. The summed E-state index contributed by atoms with van der Waals surface area (Å²) >= 11 is 0. The Kier molecular flexibility index (Phi) is 4.20. The molecule has 0 aliphatic heterocycles. The highest BCUT2D eigenvalue weighted by Crippen LogP contribution is 2.37. The maximum absolute atomic E-state index is 11.7. The van der Waals surface area contributed by atoms with Crippen LogP contribution in [0.4, 0.5) is 0 Å². The number of aromatic nitrogens is 2. The zero-order chi connectivity index (χ0) is 13.1. The van der Waals surface area contributed by atoms with Crippen LogP contribution in [0, 0.1) is 11.8 Å². The Morgan fingerprint density at radius 3 is 2.83 bits per heavy atom. The normalized spacial score (nSPS) is 23.8. The van der Waals surface area contributed by atoms with Gasteiger partial charge in [-0.2, -0.15) is 0 Å². The minimum Gasteiger partial charge on any atom is -0.310 e. The Hall–Kier alpha value is -1.12. The second kappa shape index (κ2) is 5.68. The molecule has 100 valence electrons. The maximum Gasteiger partial charge on any atom is 0.251 e. The summed E-state index contributed by atoms with van der Waals surface area (Å²) in [5.41, 5.74) is 0.958. The number of rotatable bonds is 4. The molecule has 2 unspecified atom stereocenters. The molecule has 0 radical (unpaired) electrons. The second-order valence-corrected chi connectivity index (χ2v) is 6.00. The van der Waals surface area contributed by atoms with Crippen LogP contribution < -0.4 is 5.56 Å². The molecule has 0 bridgehead atoms. The molecule has 1 heterocycles. The smallest absolute Gasteiger partial charge is 0.251 e. The van der Waals surface area contributed by atoms with E-state index >= 15 is 0 Å². The zero-order valence-corrected chi connectivity index (χ0v) is 11.7. The molecule has 1 N–H and O–H groups in total. The Morgan fingerprint density at radius 1 is 1.44 bits per heavy atom. The third-order valence-electron chi connectivity index (χ3n) is 3.94. The van der Waals surface area contributed by atoms with Crippen LogP contribution in [0.25, 0.3) is 0 Å². The van der Waals surface area contributed by atoms with Crippen LogP contribution in [0.5, 0.6) is 0 Å². The maximum atomic E-state index is 11.7. The molecule has 3 heteroatoms. The molecule has 1 aliphatic rings. The summed E-state index contributed by atoms with van der Waals surface area (Å²) in [4.78, 5) is 19.3. The molecule has 1 aromatic heterocycles. The van der Waals surface area contributed by atoms with Gasteiger partial charge in [-0.05, 0) is 37.5 Å². The highest BCUT2D eigenvalue weighted by molar-refractivity contribution is 5.08. The Bertz CT molecular complexity index is 450. The van der Waals surface area contributed by atoms with Crippen molar-refractivity contribution in [2.75, 3.05) is 0 Å². The second-order valence-electron chi connectivity index (χ2n) is 6.00. The summed E-state index contributed by atoms with van der Waals surface area (Å²) in [6.07, 6.45) is 5.77. The minimum atomic E-state index is 0.00981. The van der Waals surface area contributed by atoms with E-state index in [1.54, 1.807) is 6.07 Å². The fourth-order valence-electron chi connectivity index (χ4n) is 2.94. The molecule has 3 nitrogen and oxygen atoms in total. The van der Waals surface area contributed by atoms with Crippen LogP contribution >= 0.6 is 0 Å². The number of H-pyrrole nitrogens is 1. The van der Waals surface area contributed by atoms with Crippen molar-refractivity contribution in [3.63, 3.8) is 0 Å². The lowest BCUT2D eigenvalue weighted by Gasteiger charge is -2.11. The van der Waals surface area contributed by atoms with E-state index in [-0.39, 0.29) is 5.56 Å². The van der Waals surface area contributed by atoms with Gasteiger partial charge in [-0.25, -0.2) is 4.98 Å². The number of aromatic amines is 1. The molecule has 1 fully saturated rings. The molecular weight excluding hydrogens is 224 g/mol. The van der Waals surface area contributed by atoms with E-state index in [1.807, 2.05) is 0 Å². The molecule has 0 aromatic carbocycles. The van der Waals surface area contributed by atoms with Gasteiger partial charge in [0.25, 0.3) is 5.56 Å². The van der Waals surface area contributed by atoms with Gasteiger partial charge in [0.15, 0.2) is 0 Å². The number of nitrogens with one attached hydrogen (secondary N) is 1. The molecule has 0 amide bonds. The van der Waals surface area contributed by atoms with Gasteiger partial charge in [-0.1, -0.05) is 27.2 Å². The fourth-order valence-corrected chi connectivity index (χ4v) is 2.94. The van der Waals surface area contributed by atoms with E-state index in [0.29, 0.717) is 11.8 Å². The van der Waals surface area contributed by atoms with E-state index in [4.69, 9.17) is 0 Å². The Labute approximate surface area is 109 Å². The van der Waals surface area contributed by atoms with Crippen LogP contribution in [0.3, 0.4) is 0 Å². The first-order valence-electron chi connectivity index (χ1n) is 7.18. The highest BCUT2D eigenvalue weighted by Gasteiger charge is 2.26. The fraction of sp³-hybridized carbons (Fsp3) is 0.733. The summed E-state index contributed by atoms with van der Waals surface area (Å²) in [5, 5.41) is 0. The monoisotopic (exact) mass is 248 g/mol. The molecule has 1 saturated carbocycles. The minimum absolute atomic E-state index is 0.00981. The van der Waals surface area contributed by atoms with E-state index in [9.17, 15) is 4.79 Å². The third-order valence-corrected chi connectivity index (χ3v) is 3.94.